The predicted octanol–water partition coefficient (Wildman–Crippen LogP) is 1.61. The minimum absolute atomic E-state index is 0.222. The Morgan fingerprint density at radius 2 is 2.21 bits per heavy atom. The minimum atomic E-state index is -0.250. The smallest absolute Gasteiger partial charge is 0.255 e. The van der Waals surface area contributed by atoms with E-state index in [1.54, 1.807) is 24.5 Å². The van der Waals surface area contributed by atoms with Crippen LogP contribution in [0.3, 0.4) is 0 Å². The molecule has 4 heterocycles. The Balaban J connectivity index is 1.62. The van der Waals surface area contributed by atoms with Crippen LogP contribution in [0.4, 0.5) is 5.69 Å². The second-order valence-corrected chi connectivity index (χ2v) is 7.03. The predicted molar refractivity (Wildman–Crippen MR) is 107 cm³/mol. The number of aryl methyl sites for hydroxylation is 1. The van der Waals surface area contributed by atoms with Gasteiger partial charge in [-0.1, -0.05) is 0 Å². The molecule has 0 saturated carbocycles. The molecule has 3 aromatic rings. The third-order valence-corrected chi connectivity index (χ3v) is 5.07. The van der Waals surface area contributed by atoms with Gasteiger partial charge >= 0.3 is 0 Å². The molecule has 1 aliphatic rings. The van der Waals surface area contributed by atoms with Crippen LogP contribution in [0.15, 0.2) is 36.9 Å². The van der Waals surface area contributed by atoms with E-state index in [1.165, 1.54) is 12.4 Å². The summed E-state index contributed by atoms with van der Waals surface area (Å²) in [7, 11) is 0. The number of hydrogen-bond acceptors (Lipinski definition) is 6. The molecule has 0 bridgehead atoms. The van der Waals surface area contributed by atoms with Crippen LogP contribution in [-0.2, 0) is 17.8 Å². The molecular weight excluding hydrogens is 372 g/mol. The number of ether oxygens (including phenoxy) is 1. The van der Waals surface area contributed by atoms with Crippen LogP contribution in [0.5, 0.6) is 0 Å². The molecule has 1 aliphatic heterocycles. The van der Waals surface area contributed by atoms with Gasteiger partial charge in [0, 0.05) is 50.2 Å². The number of rotatable bonds is 6. The SMILES string of the molecule is CCn1ncc2c(NC3CCOCC3)c(C(=O)NCc3ccc[n+]([O-])c3)cnc21. The van der Waals surface area contributed by atoms with Crippen LogP contribution in [0.1, 0.15) is 35.7 Å². The van der Waals surface area contributed by atoms with E-state index in [0.717, 1.165) is 35.1 Å². The molecule has 1 amide bonds. The molecule has 29 heavy (non-hydrogen) atoms. The van der Waals surface area contributed by atoms with E-state index in [9.17, 15) is 10.0 Å². The first-order valence-corrected chi connectivity index (χ1v) is 9.80. The highest BCUT2D eigenvalue weighted by molar-refractivity contribution is 6.06. The van der Waals surface area contributed by atoms with Gasteiger partial charge in [0.25, 0.3) is 5.91 Å². The van der Waals surface area contributed by atoms with Gasteiger partial charge in [-0.15, -0.1) is 0 Å². The molecule has 0 spiro atoms. The second-order valence-electron chi connectivity index (χ2n) is 7.03. The number of nitrogens with zero attached hydrogens (tertiary/aromatic N) is 4. The number of pyridine rings is 2. The third-order valence-electron chi connectivity index (χ3n) is 5.07. The molecule has 2 N–H and O–H groups in total. The van der Waals surface area contributed by atoms with E-state index in [1.807, 2.05) is 11.6 Å². The first-order valence-electron chi connectivity index (χ1n) is 9.80. The molecule has 3 aromatic heterocycles. The molecule has 0 unspecified atom stereocenters. The second kappa shape index (κ2) is 8.44. The molecule has 0 aromatic carbocycles. The number of hydrogen-bond donors (Lipinski definition) is 2. The van der Waals surface area contributed by atoms with E-state index >= 15 is 0 Å². The molecular formula is C20H24N6O3. The Morgan fingerprint density at radius 1 is 1.38 bits per heavy atom. The fourth-order valence-corrected chi connectivity index (χ4v) is 3.51. The number of nitrogens with one attached hydrogen (secondary N) is 2. The Bertz CT molecular complexity index is 1010. The monoisotopic (exact) mass is 396 g/mol. The number of carbonyl (C=O) groups excluding carboxylic acids is 1. The maximum Gasteiger partial charge on any atom is 0.255 e. The summed E-state index contributed by atoms with van der Waals surface area (Å²) in [6.07, 6.45) is 7.94. The Morgan fingerprint density at radius 3 is 2.97 bits per heavy atom. The normalized spacial score (nSPS) is 14.8. The van der Waals surface area contributed by atoms with Gasteiger partial charge in [-0.2, -0.15) is 9.83 Å². The minimum Gasteiger partial charge on any atom is -0.619 e. The topological polar surface area (TPSA) is 108 Å². The molecule has 9 nitrogen and oxygen atoms in total. The highest BCUT2D eigenvalue weighted by atomic mass is 16.5. The lowest BCUT2D eigenvalue weighted by atomic mass is 10.1. The van der Waals surface area contributed by atoms with Gasteiger partial charge < -0.3 is 20.6 Å². The van der Waals surface area contributed by atoms with Crippen LogP contribution in [0.25, 0.3) is 11.0 Å². The van der Waals surface area contributed by atoms with Gasteiger partial charge in [-0.05, 0) is 25.8 Å². The molecule has 0 radical (unpaired) electrons. The van der Waals surface area contributed by atoms with Crippen molar-refractivity contribution < 1.29 is 14.3 Å². The number of fused-ring (bicyclic) bond motifs is 1. The average Bonchev–Trinajstić information content (AvgIpc) is 3.17. The van der Waals surface area contributed by atoms with Crippen LogP contribution in [-0.4, -0.2) is 39.9 Å². The Hall–Kier alpha value is -3.20. The van der Waals surface area contributed by atoms with Gasteiger partial charge in [-0.3, -0.25) is 4.79 Å². The van der Waals surface area contributed by atoms with Gasteiger partial charge in [0.15, 0.2) is 18.0 Å². The number of anilines is 1. The van der Waals surface area contributed by atoms with E-state index in [2.05, 4.69) is 20.7 Å². The van der Waals surface area contributed by atoms with Crippen molar-refractivity contribution in [1.82, 2.24) is 20.1 Å². The Kier molecular flexibility index (Phi) is 5.57. The lowest BCUT2D eigenvalue weighted by Crippen LogP contribution is -2.31. The van der Waals surface area contributed by atoms with Crippen LogP contribution < -0.4 is 15.4 Å². The average molecular weight is 396 g/mol. The summed E-state index contributed by atoms with van der Waals surface area (Å²) in [5.41, 5.74) is 2.67. The summed E-state index contributed by atoms with van der Waals surface area (Å²) in [5, 5.41) is 23.0. The summed E-state index contributed by atoms with van der Waals surface area (Å²) < 4.78 is 7.97. The molecule has 152 valence electrons. The Labute approximate surface area is 168 Å². The first-order chi connectivity index (χ1) is 14.2. The zero-order valence-corrected chi connectivity index (χ0v) is 16.3. The largest absolute Gasteiger partial charge is 0.619 e. The van der Waals surface area contributed by atoms with Gasteiger partial charge in [0.2, 0.25) is 0 Å². The van der Waals surface area contributed by atoms with Gasteiger partial charge in [0.05, 0.1) is 22.8 Å². The zero-order valence-electron chi connectivity index (χ0n) is 16.3. The third kappa shape index (κ3) is 4.14. The summed E-state index contributed by atoms with van der Waals surface area (Å²) >= 11 is 0. The van der Waals surface area contributed by atoms with Crippen LogP contribution in [0, 0.1) is 5.21 Å². The van der Waals surface area contributed by atoms with Crippen molar-refractivity contribution in [2.24, 2.45) is 0 Å². The molecule has 1 fully saturated rings. The lowest BCUT2D eigenvalue weighted by Gasteiger charge is -2.25. The van der Waals surface area contributed by atoms with Crippen molar-refractivity contribution in [3.05, 3.63) is 53.3 Å². The fraction of sp³-hybridized carbons (Fsp3) is 0.400. The lowest BCUT2D eigenvalue weighted by molar-refractivity contribution is -0.605. The highest BCUT2D eigenvalue weighted by Gasteiger charge is 2.22. The fourth-order valence-electron chi connectivity index (χ4n) is 3.51. The van der Waals surface area contributed by atoms with Gasteiger partial charge in [0.1, 0.15) is 0 Å². The summed E-state index contributed by atoms with van der Waals surface area (Å²) in [5.74, 6) is -0.250. The summed E-state index contributed by atoms with van der Waals surface area (Å²) in [6, 6.07) is 3.67. The van der Waals surface area contributed by atoms with Crippen LogP contribution >= 0.6 is 0 Å². The molecule has 0 atom stereocenters. The summed E-state index contributed by atoms with van der Waals surface area (Å²) in [6.45, 7) is 4.35. The van der Waals surface area contributed by atoms with Crippen molar-refractivity contribution >= 4 is 22.6 Å². The van der Waals surface area contributed by atoms with Crippen molar-refractivity contribution in [2.75, 3.05) is 18.5 Å². The summed E-state index contributed by atoms with van der Waals surface area (Å²) in [4.78, 5) is 17.4. The quantitative estimate of drug-likeness (QED) is 0.484. The standard InChI is InChI=1S/C20H24N6O3/c1-2-26-19-16(12-23-26)18(24-15-5-8-29-9-6-15)17(11-21-19)20(27)22-10-14-4-3-7-25(28)13-14/h3-4,7,11-13,15H,2,5-6,8-10H2,1H3,(H,21,24)(H,22,27). The first kappa shape index (κ1) is 19.1. The van der Waals surface area contributed by atoms with Crippen molar-refractivity contribution in [1.29, 1.82) is 0 Å². The van der Waals surface area contributed by atoms with E-state index in [-0.39, 0.29) is 18.5 Å². The maximum absolute atomic E-state index is 13.0. The maximum atomic E-state index is 13.0. The highest BCUT2D eigenvalue weighted by Crippen LogP contribution is 2.28. The molecule has 0 aliphatic carbocycles. The van der Waals surface area contributed by atoms with E-state index in [0.29, 0.717) is 30.1 Å². The van der Waals surface area contributed by atoms with Crippen LogP contribution in [0.2, 0.25) is 0 Å². The molecule has 9 heteroatoms. The number of carbonyl (C=O) groups is 1. The zero-order chi connectivity index (χ0) is 20.2. The number of amides is 1. The number of aromatic nitrogens is 4. The van der Waals surface area contributed by atoms with E-state index in [4.69, 9.17) is 4.74 Å². The van der Waals surface area contributed by atoms with Crippen molar-refractivity contribution in [3.63, 3.8) is 0 Å². The van der Waals surface area contributed by atoms with E-state index < -0.39 is 0 Å². The molecule has 1 saturated heterocycles. The van der Waals surface area contributed by atoms with Gasteiger partial charge in [-0.25, -0.2) is 9.67 Å². The van der Waals surface area contributed by atoms with Crippen molar-refractivity contribution in [2.45, 2.75) is 38.9 Å². The van der Waals surface area contributed by atoms with Crippen molar-refractivity contribution in [3.8, 4) is 0 Å². The molecule has 4 rings (SSSR count).